The van der Waals surface area contributed by atoms with Crippen LogP contribution in [0.4, 0.5) is 11.5 Å². The molecule has 6 nitrogen and oxygen atoms in total. The van der Waals surface area contributed by atoms with Crippen LogP contribution in [0.25, 0.3) is 0 Å². The summed E-state index contributed by atoms with van der Waals surface area (Å²) in [6.07, 6.45) is 1.95. The second-order valence-electron chi connectivity index (χ2n) is 3.74. The van der Waals surface area contributed by atoms with Gasteiger partial charge >= 0.3 is 5.69 Å². The Hall–Kier alpha value is -1.34. The molecule has 1 saturated heterocycles. The predicted octanol–water partition coefficient (Wildman–Crippen LogP) is 1.84. The number of thioether (sulfide) groups is 1. The van der Waals surface area contributed by atoms with E-state index in [4.69, 9.17) is 10.5 Å². The fourth-order valence-corrected chi connectivity index (χ4v) is 2.70. The molecule has 1 aliphatic rings. The van der Waals surface area contributed by atoms with Gasteiger partial charge in [-0.25, -0.2) is 4.98 Å². The predicted molar refractivity (Wildman–Crippen MR) is 65.0 cm³/mol. The first-order valence-corrected chi connectivity index (χ1v) is 6.20. The minimum atomic E-state index is -0.523. The highest BCUT2D eigenvalue weighted by atomic mass is 32.2. The van der Waals surface area contributed by atoms with Crippen LogP contribution in [0.1, 0.15) is 12.8 Å². The minimum Gasteiger partial charge on any atom is -0.381 e. The Morgan fingerprint density at radius 3 is 2.76 bits per heavy atom. The summed E-state index contributed by atoms with van der Waals surface area (Å²) < 4.78 is 5.26. The fourth-order valence-electron chi connectivity index (χ4n) is 1.63. The van der Waals surface area contributed by atoms with E-state index in [1.165, 1.54) is 6.07 Å². The van der Waals surface area contributed by atoms with Crippen molar-refractivity contribution in [1.82, 2.24) is 4.98 Å². The molecule has 0 atom stereocenters. The maximum Gasteiger partial charge on any atom is 0.311 e. The van der Waals surface area contributed by atoms with Crippen LogP contribution in [0.15, 0.2) is 17.2 Å². The molecule has 0 amide bonds. The van der Waals surface area contributed by atoms with E-state index in [1.54, 1.807) is 17.8 Å². The third kappa shape index (κ3) is 3.07. The van der Waals surface area contributed by atoms with Gasteiger partial charge in [0.2, 0.25) is 5.82 Å². The second kappa shape index (κ2) is 5.33. The van der Waals surface area contributed by atoms with Crippen LogP contribution in [0, 0.1) is 10.1 Å². The van der Waals surface area contributed by atoms with E-state index >= 15 is 0 Å². The summed E-state index contributed by atoms with van der Waals surface area (Å²) in [5.41, 5.74) is 5.40. The van der Waals surface area contributed by atoms with Crippen LogP contribution in [0.5, 0.6) is 0 Å². The van der Waals surface area contributed by atoms with Crippen molar-refractivity contribution in [2.75, 3.05) is 18.9 Å². The number of nitrogen functional groups attached to an aromatic ring is 1. The van der Waals surface area contributed by atoms with Gasteiger partial charge in [0.25, 0.3) is 0 Å². The van der Waals surface area contributed by atoms with Gasteiger partial charge in [-0.05, 0) is 18.9 Å². The first-order valence-electron chi connectivity index (χ1n) is 5.32. The summed E-state index contributed by atoms with van der Waals surface area (Å²) in [5, 5.41) is 11.8. The number of anilines is 1. The Kier molecular flexibility index (Phi) is 3.80. The molecule has 17 heavy (non-hydrogen) atoms. The molecule has 1 aromatic heterocycles. The molecule has 0 unspecified atom stereocenters. The highest BCUT2D eigenvalue weighted by Gasteiger charge is 2.18. The van der Waals surface area contributed by atoms with Crippen LogP contribution in [0.3, 0.4) is 0 Å². The molecule has 92 valence electrons. The molecule has 2 N–H and O–H groups in total. The normalized spacial score (nSPS) is 16.9. The molecule has 1 fully saturated rings. The Bertz CT molecular complexity index is 421. The number of hydrogen-bond donors (Lipinski definition) is 1. The lowest BCUT2D eigenvalue weighted by Gasteiger charge is -2.20. The summed E-state index contributed by atoms with van der Waals surface area (Å²) in [4.78, 5) is 14.1. The number of rotatable bonds is 3. The largest absolute Gasteiger partial charge is 0.381 e. The van der Waals surface area contributed by atoms with Crippen molar-refractivity contribution in [3.63, 3.8) is 0 Å². The Labute approximate surface area is 103 Å². The summed E-state index contributed by atoms with van der Waals surface area (Å²) in [6.45, 7) is 1.53. The van der Waals surface area contributed by atoms with Gasteiger partial charge in [0.15, 0.2) is 0 Å². The molecule has 1 aliphatic heterocycles. The van der Waals surface area contributed by atoms with Crippen molar-refractivity contribution in [1.29, 1.82) is 0 Å². The molecule has 0 spiro atoms. The van der Waals surface area contributed by atoms with E-state index in [0.29, 0.717) is 5.25 Å². The molecule has 0 aliphatic carbocycles. The van der Waals surface area contributed by atoms with Crippen LogP contribution >= 0.6 is 11.8 Å². The van der Waals surface area contributed by atoms with Gasteiger partial charge in [-0.2, -0.15) is 0 Å². The van der Waals surface area contributed by atoms with Gasteiger partial charge in [-0.1, -0.05) is 0 Å². The monoisotopic (exact) mass is 255 g/mol. The third-order valence-corrected chi connectivity index (χ3v) is 3.80. The fraction of sp³-hybridized carbons (Fsp3) is 0.500. The van der Waals surface area contributed by atoms with Gasteiger partial charge in [-0.15, -0.1) is 11.8 Å². The van der Waals surface area contributed by atoms with Crippen molar-refractivity contribution >= 4 is 23.3 Å². The standard InChI is InChI=1S/C10H13N3O3S/c11-10-8(13(14)15)1-2-9(12-10)17-7-3-5-16-6-4-7/h1-2,7H,3-6H2,(H2,11,12). The zero-order valence-corrected chi connectivity index (χ0v) is 9.98. The summed E-state index contributed by atoms with van der Waals surface area (Å²) >= 11 is 1.61. The topological polar surface area (TPSA) is 91.3 Å². The first kappa shape index (κ1) is 12.1. The van der Waals surface area contributed by atoms with E-state index in [2.05, 4.69) is 4.98 Å². The van der Waals surface area contributed by atoms with Crippen molar-refractivity contribution < 1.29 is 9.66 Å². The van der Waals surface area contributed by atoms with Crippen molar-refractivity contribution in [2.24, 2.45) is 0 Å². The Morgan fingerprint density at radius 1 is 1.47 bits per heavy atom. The van der Waals surface area contributed by atoms with Crippen LogP contribution in [-0.2, 0) is 4.74 Å². The molecule has 2 heterocycles. The lowest BCUT2D eigenvalue weighted by molar-refractivity contribution is -0.384. The number of aromatic nitrogens is 1. The zero-order valence-electron chi connectivity index (χ0n) is 9.17. The van der Waals surface area contributed by atoms with Crippen molar-refractivity contribution in [3.8, 4) is 0 Å². The molecule has 2 rings (SSSR count). The smallest absolute Gasteiger partial charge is 0.311 e. The molecule has 7 heteroatoms. The summed E-state index contributed by atoms with van der Waals surface area (Å²) in [7, 11) is 0. The number of nitrogens with zero attached hydrogens (tertiary/aromatic N) is 2. The number of ether oxygens (including phenoxy) is 1. The van der Waals surface area contributed by atoms with E-state index in [0.717, 1.165) is 31.1 Å². The number of nitrogens with two attached hydrogens (primary N) is 1. The quantitative estimate of drug-likeness (QED) is 0.654. The average Bonchev–Trinajstić information content (AvgIpc) is 2.30. The summed E-state index contributed by atoms with van der Waals surface area (Å²) in [6, 6.07) is 3.05. The Morgan fingerprint density at radius 2 is 2.18 bits per heavy atom. The van der Waals surface area contributed by atoms with Gasteiger partial charge in [-0.3, -0.25) is 10.1 Å². The van der Waals surface area contributed by atoms with E-state index in [9.17, 15) is 10.1 Å². The number of pyridine rings is 1. The van der Waals surface area contributed by atoms with Gasteiger partial charge in [0.05, 0.1) is 9.95 Å². The first-order chi connectivity index (χ1) is 8.16. The SMILES string of the molecule is Nc1nc(SC2CCOCC2)ccc1[N+](=O)[O-]. The van der Waals surface area contributed by atoms with E-state index < -0.39 is 4.92 Å². The maximum absolute atomic E-state index is 10.6. The molecule has 0 bridgehead atoms. The zero-order chi connectivity index (χ0) is 12.3. The van der Waals surface area contributed by atoms with E-state index in [-0.39, 0.29) is 11.5 Å². The van der Waals surface area contributed by atoms with Gasteiger partial charge in [0.1, 0.15) is 0 Å². The summed E-state index contributed by atoms with van der Waals surface area (Å²) in [5.74, 6) is -0.0212. The lowest BCUT2D eigenvalue weighted by Crippen LogP contribution is -2.17. The maximum atomic E-state index is 10.6. The van der Waals surface area contributed by atoms with Crippen LogP contribution < -0.4 is 5.73 Å². The molecule has 0 aromatic carbocycles. The molecular weight excluding hydrogens is 242 g/mol. The van der Waals surface area contributed by atoms with Crippen LogP contribution in [-0.4, -0.2) is 28.4 Å². The highest BCUT2D eigenvalue weighted by molar-refractivity contribution is 7.99. The highest BCUT2D eigenvalue weighted by Crippen LogP contribution is 2.30. The lowest BCUT2D eigenvalue weighted by atomic mass is 10.2. The van der Waals surface area contributed by atoms with Gasteiger partial charge in [0, 0.05) is 24.5 Å². The minimum absolute atomic E-state index is 0.0212. The number of nitro groups is 1. The van der Waals surface area contributed by atoms with Gasteiger partial charge < -0.3 is 10.5 Å². The molecule has 0 radical (unpaired) electrons. The molecular formula is C10H13N3O3S. The van der Waals surface area contributed by atoms with Crippen molar-refractivity contribution in [3.05, 3.63) is 22.2 Å². The molecule has 0 saturated carbocycles. The van der Waals surface area contributed by atoms with Crippen LogP contribution in [0.2, 0.25) is 0 Å². The Balaban J connectivity index is 2.06. The third-order valence-electron chi connectivity index (χ3n) is 2.53. The molecule has 1 aromatic rings. The average molecular weight is 255 g/mol. The second-order valence-corrected chi connectivity index (χ2v) is 5.06. The van der Waals surface area contributed by atoms with E-state index in [1.807, 2.05) is 0 Å². The van der Waals surface area contributed by atoms with Crippen molar-refractivity contribution in [2.45, 2.75) is 23.1 Å². The number of hydrogen-bond acceptors (Lipinski definition) is 6.